The summed E-state index contributed by atoms with van der Waals surface area (Å²) in [7, 11) is 0. The summed E-state index contributed by atoms with van der Waals surface area (Å²) in [5.74, 6) is -0.414. The molecule has 0 unspecified atom stereocenters. The van der Waals surface area contributed by atoms with Gasteiger partial charge in [-0.05, 0) is 11.1 Å². The summed E-state index contributed by atoms with van der Waals surface area (Å²) < 4.78 is 0. The Bertz CT molecular complexity index is 631. The Morgan fingerprint density at radius 1 is 0.923 bits per heavy atom. The van der Waals surface area contributed by atoms with Gasteiger partial charge in [-0.3, -0.25) is 14.7 Å². The van der Waals surface area contributed by atoms with Crippen LogP contribution >= 0.6 is 0 Å². The van der Waals surface area contributed by atoms with Gasteiger partial charge in [-0.25, -0.2) is 4.79 Å². The summed E-state index contributed by atoms with van der Waals surface area (Å²) >= 11 is 0. The van der Waals surface area contributed by atoms with Gasteiger partial charge in [0.2, 0.25) is 0 Å². The number of hydrogen-bond donors (Lipinski definition) is 0. The predicted octanol–water partition coefficient (Wildman–Crippen LogP) is 2.89. The summed E-state index contributed by atoms with van der Waals surface area (Å²) in [5, 5.41) is 0. The predicted molar refractivity (Wildman–Crippen MR) is 100 cm³/mol. The van der Waals surface area contributed by atoms with Crippen molar-refractivity contribution >= 4 is 5.97 Å². The van der Waals surface area contributed by atoms with Crippen LogP contribution in [0.5, 0.6) is 0 Å². The third-order valence-corrected chi connectivity index (χ3v) is 4.67. The van der Waals surface area contributed by atoms with E-state index in [1.807, 2.05) is 0 Å². The van der Waals surface area contributed by atoms with Crippen molar-refractivity contribution in [1.82, 2.24) is 9.80 Å². The fourth-order valence-corrected chi connectivity index (χ4v) is 3.42. The molecule has 0 spiro atoms. The number of benzene rings is 2. The Hall–Kier alpha value is -2.21. The Kier molecular flexibility index (Phi) is 6.77. The van der Waals surface area contributed by atoms with Gasteiger partial charge < -0.3 is 0 Å². The highest BCUT2D eigenvalue weighted by atomic mass is 17.2. The summed E-state index contributed by atoms with van der Waals surface area (Å²) in [6.07, 6.45) is 0. The van der Waals surface area contributed by atoms with Crippen LogP contribution in [0.3, 0.4) is 0 Å². The van der Waals surface area contributed by atoms with Gasteiger partial charge in [0, 0.05) is 39.6 Å². The lowest BCUT2D eigenvalue weighted by molar-refractivity contribution is -0.271. The highest BCUT2D eigenvalue weighted by Gasteiger charge is 2.26. The van der Waals surface area contributed by atoms with Crippen LogP contribution in [0.2, 0.25) is 0 Å². The van der Waals surface area contributed by atoms with Gasteiger partial charge in [-0.1, -0.05) is 60.7 Å². The Balaban J connectivity index is 1.60. The molecule has 5 heteroatoms. The summed E-state index contributed by atoms with van der Waals surface area (Å²) in [5.41, 5.74) is 2.65. The van der Waals surface area contributed by atoms with Gasteiger partial charge in [-0.15, -0.1) is 0 Å². The van der Waals surface area contributed by atoms with Crippen molar-refractivity contribution in [2.45, 2.75) is 13.0 Å². The molecule has 0 aliphatic carbocycles. The first kappa shape index (κ1) is 18.6. The third-order valence-electron chi connectivity index (χ3n) is 4.67. The van der Waals surface area contributed by atoms with E-state index in [1.165, 1.54) is 18.1 Å². The monoisotopic (exact) mass is 354 g/mol. The maximum Gasteiger partial charge on any atom is 0.339 e. The fourth-order valence-electron chi connectivity index (χ4n) is 3.42. The Morgan fingerprint density at radius 2 is 1.46 bits per heavy atom. The second-order valence-corrected chi connectivity index (χ2v) is 6.50. The van der Waals surface area contributed by atoms with Gasteiger partial charge in [0.05, 0.1) is 6.04 Å². The van der Waals surface area contributed by atoms with E-state index in [-0.39, 0.29) is 6.04 Å². The molecule has 1 saturated heterocycles. The summed E-state index contributed by atoms with van der Waals surface area (Å²) in [6, 6.07) is 21.6. The van der Waals surface area contributed by atoms with Crippen LogP contribution in [0, 0.1) is 0 Å². The van der Waals surface area contributed by atoms with E-state index in [9.17, 15) is 4.79 Å². The molecule has 0 saturated carbocycles. The van der Waals surface area contributed by atoms with E-state index < -0.39 is 5.97 Å². The molecule has 26 heavy (non-hydrogen) atoms. The lowest BCUT2D eigenvalue weighted by Crippen LogP contribution is -2.48. The Morgan fingerprint density at radius 3 is 1.96 bits per heavy atom. The minimum absolute atomic E-state index is 0.275. The minimum Gasteiger partial charge on any atom is -0.299 e. The molecule has 1 aliphatic heterocycles. The number of rotatable bonds is 7. The number of hydrogen-bond acceptors (Lipinski definition) is 5. The second kappa shape index (κ2) is 9.48. The van der Waals surface area contributed by atoms with Crippen molar-refractivity contribution in [1.29, 1.82) is 0 Å². The molecule has 1 aliphatic rings. The van der Waals surface area contributed by atoms with Crippen LogP contribution in [0.4, 0.5) is 0 Å². The average Bonchev–Trinajstić information content (AvgIpc) is 2.68. The van der Waals surface area contributed by atoms with E-state index in [1.54, 1.807) is 0 Å². The van der Waals surface area contributed by atoms with Crippen molar-refractivity contribution in [3.05, 3.63) is 71.8 Å². The first-order valence-electron chi connectivity index (χ1n) is 9.10. The first-order chi connectivity index (χ1) is 12.7. The molecule has 138 valence electrons. The lowest BCUT2D eigenvalue weighted by atomic mass is 9.96. The van der Waals surface area contributed by atoms with E-state index in [4.69, 9.17) is 4.89 Å². The molecule has 0 radical (unpaired) electrons. The zero-order chi connectivity index (χ0) is 18.2. The maximum atomic E-state index is 10.7. The van der Waals surface area contributed by atoms with Gasteiger partial charge in [0.1, 0.15) is 6.61 Å². The molecule has 0 aromatic heterocycles. The number of piperazine rings is 1. The van der Waals surface area contributed by atoms with Crippen molar-refractivity contribution in [2.75, 3.05) is 39.3 Å². The SMILES string of the molecule is CC(=O)OOCCN1CCN(C(c2ccccc2)c2ccccc2)CC1. The summed E-state index contributed by atoms with van der Waals surface area (Å²) in [6.45, 7) is 6.43. The van der Waals surface area contributed by atoms with Gasteiger partial charge >= 0.3 is 5.97 Å². The summed E-state index contributed by atoms with van der Waals surface area (Å²) in [4.78, 5) is 25.0. The van der Waals surface area contributed by atoms with Crippen LogP contribution in [-0.2, 0) is 14.6 Å². The van der Waals surface area contributed by atoms with Crippen LogP contribution in [0.1, 0.15) is 24.1 Å². The van der Waals surface area contributed by atoms with Crippen molar-refractivity contribution in [2.24, 2.45) is 0 Å². The van der Waals surface area contributed by atoms with Crippen LogP contribution in [-0.4, -0.2) is 55.1 Å². The largest absolute Gasteiger partial charge is 0.339 e. The normalized spacial score (nSPS) is 15.9. The zero-order valence-corrected chi connectivity index (χ0v) is 15.2. The molecule has 3 rings (SSSR count). The fraction of sp³-hybridized carbons (Fsp3) is 0.381. The molecule has 1 heterocycles. The van der Waals surface area contributed by atoms with E-state index in [0.29, 0.717) is 6.61 Å². The van der Waals surface area contributed by atoms with Gasteiger partial charge in [-0.2, -0.15) is 4.89 Å². The van der Waals surface area contributed by atoms with E-state index in [2.05, 4.69) is 75.4 Å². The molecule has 2 aromatic rings. The number of carbonyl (C=O) groups excluding carboxylic acids is 1. The molecular weight excluding hydrogens is 328 g/mol. The van der Waals surface area contributed by atoms with Crippen molar-refractivity contribution in [3.63, 3.8) is 0 Å². The second-order valence-electron chi connectivity index (χ2n) is 6.50. The Labute approximate surface area is 155 Å². The standard InChI is InChI=1S/C21H26N2O3/c1-18(24)26-25-17-16-22-12-14-23(15-13-22)21(19-8-4-2-5-9-19)20-10-6-3-7-11-20/h2-11,21H,12-17H2,1H3. The third kappa shape index (κ3) is 5.14. The van der Waals surface area contributed by atoms with E-state index >= 15 is 0 Å². The number of nitrogens with zero attached hydrogens (tertiary/aromatic N) is 2. The highest BCUT2D eigenvalue weighted by molar-refractivity contribution is 5.65. The molecule has 5 nitrogen and oxygen atoms in total. The smallest absolute Gasteiger partial charge is 0.299 e. The van der Waals surface area contributed by atoms with Gasteiger partial charge in [0.25, 0.3) is 0 Å². The molecule has 2 aromatic carbocycles. The van der Waals surface area contributed by atoms with E-state index in [0.717, 1.165) is 32.7 Å². The van der Waals surface area contributed by atoms with Crippen LogP contribution < -0.4 is 0 Å². The zero-order valence-electron chi connectivity index (χ0n) is 15.2. The molecule has 0 amide bonds. The maximum absolute atomic E-state index is 10.7. The average molecular weight is 354 g/mol. The quantitative estimate of drug-likeness (QED) is 0.434. The molecule has 0 bridgehead atoms. The molecule has 0 N–H and O–H groups in total. The molecule has 0 atom stereocenters. The lowest BCUT2D eigenvalue weighted by Gasteiger charge is -2.39. The van der Waals surface area contributed by atoms with Crippen LogP contribution in [0.15, 0.2) is 60.7 Å². The minimum atomic E-state index is -0.414. The molecule has 1 fully saturated rings. The first-order valence-corrected chi connectivity index (χ1v) is 9.10. The highest BCUT2D eigenvalue weighted by Crippen LogP contribution is 2.29. The topological polar surface area (TPSA) is 42.0 Å². The van der Waals surface area contributed by atoms with Crippen molar-refractivity contribution in [3.8, 4) is 0 Å². The van der Waals surface area contributed by atoms with Crippen LogP contribution in [0.25, 0.3) is 0 Å². The number of carbonyl (C=O) groups is 1. The molecular formula is C21H26N2O3. The van der Waals surface area contributed by atoms with Gasteiger partial charge in [0.15, 0.2) is 0 Å². The van der Waals surface area contributed by atoms with Crippen molar-refractivity contribution < 1.29 is 14.6 Å².